The van der Waals surface area contributed by atoms with Crippen LogP contribution in [0.25, 0.3) is 0 Å². The fourth-order valence-electron chi connectivity index (χ4n) is 2.02. The summed E-state index contributed by atoms with van der Waals surface area (Å²) in [4.78, 5) is 24.6. The first kappa shape index (κ1) is 19.2. The number of carbonyl (C=O) groups is 2. The minimum absolute atomic E-state index is 0.0550. The molecule has 0 fully saturated rings. The Labute approximate surface area is 138 Å². The van der Waals surface area contributed by atoms with Crippen LogP contribution in [0.2, 0.25) is 0 Å². The van der Waals surface area contributed by atoms with Crippen molar-refractivity contribution >= 4 is 11.8 Å². The summed E-state index contributed by atoms with van der Waals surface area (Å²) in [6.07, 6.45) is -0.598. The van der Waals surface area contributed by atoms with Crippen LogP contribution in [0.15, 0.2) is 24.3 Å². The standard InChI is InChI=1S/C18H28N2O3/c1-11(2)15(21)10-19-18(23)16(12(3)4)20-17(22)14-8-6-13(5)7-9-14/h6-9,11-12,15-16,21H,10H2,1-5H3,(H,19,23)(H,20,22). The lowest BCUT2D eigenvalue weighted by atomic mass is 10.0. The molecule has 1 aromatic rings. The van der Waals surface area contributed by atoms with Crippen LogP contribution in [0, 0.1) is 18.8 Å². The van der Waals surface area contributed by atoms with Gasteiger partial charge in [0.05, 0.1) is 6.10 Å². The fourth-order valence-corrected chi connectivity index (χ4v) is 2.02. The van der Waals surface area contributed by atoms with E-state index in [-0.39, 0.29) is 30.2 Å². The van der Waals surface area contributed by atoms with E-state index in [9.17, 15) is 14.7 Å². The predicted octanol–water partition coefficient (Wildman–Crippen LogP) is 1.88. The highest BCUT2D eigenvalue weighted by molar-refractivity contribution is 5.97. The summed E-state index contributed by atoms with van der Waals surface area (Å²) in [5.41, 5.74) is 1.60. The highest BCUT2D eigenvalue weighted by atomic mass is 16.3. The first-order valence-corrected chi connectivity index (χ1v) is 8.05. The molecule has 0 bridgehead atoms. The second-order valence-corrected chi connectivity index (χ2v) is 6.62. The molecule has 0 radical (unpaired) electrons. The van der Waals surface area contributed by atoms with Gasteiger partial charge < -0.3 is 15.7 Å². The average Bonchev–Trinajstić information content (AvgIpc) is 2.49. The number of aliphatic hydroxyl groups is 1. The van der Waals surface area contributed by atoms with E-state index in [0.29, 0.717) is 5.56 Å². The highest BCUT2D eigenvalue weighted by Crippen LogP contribution is 2.07. The largest absolute Gasteiger partial charge is 0.391 e. The van der Waals surface area contributed by atoms with Crippen molar-refractivity contribution in [2.45, 2.75) is 46.8 Å². The Bertz CT molecular complexity index is 524. The Balaban J connectivity index is 2.69. The quantitative estimate of drug-likeness (QED) is 0.718. The van der Waals surface area contributed by atoms with Crippen LogP contribution < -0.4 is 10.6 Å². The zero-order chi connectivity index (χ0) is 17.6. The van der Waals surface area contributed by atoms with Crippen LogP contribution in [-0.4, -0.2) is 35.6 Å². The van der Waals surface area contributed by atoms with Crippen LogP contribution in [0.3, 0.4) is 0 Å². The van der Waals surface area contributed by atoms with Crippen LogP contribution in [-0.2, 0) is 4.79 Å². The monoisotopic (exact) mass is 320 g/mol. The molecule has 0 aromatic heterocycles. The molecule has 0 spiro atoms. The molecule has 0 aliphatic carbocycles. The zero-order valence-electron chi connectivity index (χ0n) is 14.6. The number of hydrogen-bond donors (Lipinski definition) is 3. The summed E-state index contributed by atoms with van der Waals surface area (Å²) in [6, 6.07) is 6.56. The lowest BCUT2D eigenvalue weighted by Gasteiger charge is -2.23. The van der Waals surface area contributed by atoms with E-state index in [1.807, 2.05) is 46.8 Å². The molecule has 0 heterocycles. The van der Waals surface area contributed by atoms with Crippen molar-refractivity contribution in [3.63, 3.8) is 0 Å². The van der Waals surface area contributed by atoms with E-state index in [1.165, 1.54) is 0 Å². The van der Waals surface area contributed by atoms with Crippen molar-refractivity contribution in [2.24, 2.45) is 11.8 Å². The molecule has 5 heteroatoms. The van der Waals surface area contributed by atoms with Crippen molar-refractivity contribution < 1.29 is 14.7 Å². The molecule has 5 nitrogen and oxygen atoms in total. The number of rotatable bonds is 7. The van der Waals surface area contributed by atoms with Gasteiger partial charge in [0.1, 0.15) is 6.04 Å². The number of carbonyl (C=O) groups excluding carboxylic acids is 2. The lowest BCUT2D eigenvalue weighted by molar-refractivity contribution is -0.124. The van der Waals surface area contributed by atoms with E-state index in [4.69, 9.17) is 0 Å². The highest BCUT2D eigenvalue weighted by Gasteiger charge is 2.25. The van der Waals surface area contributed by atoms with Gasteiger partial charge in [0, 0.05) is 12.1 Å². The summed E-state index contributed by atoms with van der Waals surface area (Å²) in [6.45, 7) is 9.65. The van der Waals surface area contributed by atoms with Crippen molar-refractivity contribution in [3.8, 4) is 0 Å². The van der Waals surface area contributed by atoms with Gasteiger partial charge in [0.25, 0.3) is 5.91 Å². The van der Waals surface area contributed by atoms with Crippen molar-refractivity contribution in [3.05, 3.63) is 35.4 Å². The number of aryl methyl sites for hydroxylation is 1. The molecule has 0 aliphatic heterocycles. The first-order chi connectivity index (χ1) is 10.7. The second kappa shape index (κ2) is 8.67. The summed E-state index contributed by atoms with van der Waals surface area (Å²) in [7, 11) is 0. The van der Waals surface area contributed by atoms with Gasteiger partial charge in [-0.1, -0.05) is 45.4 Å². The average molecular weight is 320 g/mol. The Morgan fingerprint density at radius 1 is 1.04 bits per heavy atom. The predicted molar refractivity (Wildman–Crippen MR) is 91.1 cm³/mol. The van der Waals surface area contributed by atoms with Crippen molar-refractivity contribution in [1.82, 2.24) is 10.6 Å². The van der Waals surface area contributed by atoms with Gasteiger partial charge in [-0.25, -0.2) is 0 Å². The zero-order valence-corrected chi connectivity index (χ0v) is 14.6. The molecule has 2 atom stereocenters. The van der Waals surface area contributed by atoms with Crippen LogP contribution >= 0.6 is 0 Å². The number of aliphatic hydroxyl groups excluding tert-OH is 1. The maximum absolute atomic E-state index is 12.3. The van der Waals surface area contributed by atoms with Gasteiger partial charge in [-0.05, 0) is 30.9 Å². The smallest absolute Gasteiger partial charge is 0.251 e. The van der Waals surface area contributed by atoms with E-state index < -0.39 is 12.1 Å². The third kappa shape index (κ3) is 6.02. The van der Waals surface area contributed by atoms with Crippen LogP contribution in [0.1, 0.15) is 43.6 Å². The van der Waals surface area contributed by atoms with Crippen LogP contribution in [0.5, 0.6) is 0 Å². The number of hydrogen-bond acceptors (Lipinski definition) is 3. The van der Waals surface area contributed by atoms with Crippen molar-refractivity contribution in [2.75, 3.05) is 6.54 Å². The molecule has 128 valence electrons. The third-order valence-electron chi connectivity index (χ3n) is 3.80. The van der Waals surface area contributed by atoms with Gasteiger partial charge in [-0.15, -0.1) is 0 Å². The second-order valence-electron chi connectivity index (χ2n) is 6.62. The normalized spacial score (nSPS) is 13.7. The Kier molecular flexibility index (Phi) is 7.23. The molecule has 0 saturated carbocycles. The van der Waals surface area contributed by atoms with Crippen LogP contribution in [0.4, 0.5) is 0 Å². The van der Waals surface area contributed by atoms with E-state index >= 15 is 0 Å². The van der Waals surface area contributed by atoms with Gasteiger partial charge >= 0.3 is 0 Å². The minimum Gasteiger partial charge on any atom is -0.391 e. The number of benzene rings is 1. The fraction of sp³-hybridized carbons (Fsp3) is 0.556. The molecular weight excluding hydrogens is 292 g/mol. The lowest BCUT2D eigenvalue weighted by Crippen LogP contribution is -2.51. The SMILES string of the molecule is Cc1ccc(C(=O)NC(C(=O)NCC(O)C(C)C)C(C)C)cc1. The summed E-state index contributed by atoms with van der Waals surface area (Å²) >= 11 is 0. The van der Waals surface area contributed by atoms with Gasteiger partial charge in [0.15, 0.2) is 0 Å². The van der Waals surface area contributed by atoms with Gasteiger partial charge in [-0.3, -0.25) is 9.59 Å². The molecule has 1 aromatic carbocycles. The van der Waals surface area contributed by atoms with E-state index in [1.54, 1.807) is 12.1 Å². The summed E-state index contributed by atoms with van der Waals surface area (Å²) < 4.78 is 0. The molecule has 0 saturated heterocycles. The first-order valence-electron chi connectivity index (χ1n) is 8.05. The third-order valence-corrected chi connectivity index (χ3v) is 3.80. The molecular formula is C18H28N2O3. The van der Waals surface area contributed by atoms with Crippen molar-refractivity contribution in [1.29, 1.82) is 0 Å². The van der Waals surface area contributed by atoms with Gasteiger partial charge in [0.2, 0.25) is 5.91 Å². The Hall–Kier alpha value is -1.88. The van der Waals surface area contributed by atoms with E-state index in [0.717, 1.165) is 5.56 Å². The maximum Gasteiger partial charge on any atom is 0.251 e. The van der Waals surface area contributed by atoms with Gasteiger partial charge in [-0.2, -0.15) is 0 Å². The molecule has 2 amide bonds. The molecule has 2 unspecified atom stereocenters. The number of amides is 2. The van der Waals surface area contributed by atoms with E-state index in [2.05, 4.69) is 10.6 Å². The molecule has 0 aliphatic rings. The minimum atomic E-state index is -0.636. The molecule has 23 heavy (non-hydrogen) atoms. The molecule has 1 rings (SSSR count). The Morgan fingerprint density at radius 2 is 1.61 bits per heavy atom. The summed E-state index contributed by atoms with van der Waals surface area (Å²) in [5.74, 6) is -0.543. The topological polar surface area (TPSA) is 78.4 Å². The number of nitrogens with one attached hydrogen (secondary N) is 2. The summed E-state index contributed by atoms with van der Waals surface area (Å²) in [5, 5.41) is 15.3. The Morgan fingerprint density at radius 3 is 2.09 bits per heavy atom. The maximum atomic E-state index is 12.3. The molecule has 3 N–H and O–H groups in total.